The highest BCUT2D eigenvalue weighted by Gasteiger charge is 2.39. The van der Waals surface area contributed by atoms with Crippen LogP contribution in [0.25, 0.3) is 0 Å². The van der Waals surface area contributed by atoms with Gasteiger partial charge >= 0.3 is 5.97 Å². The van der Waals surface area contributed by atoms with Crippen molar-refractivity contribution in [3.05, 3.63) is 55.2 Å². The van der Waals surface area contributed by atoms with Gasteiger partial charge in [0.15, 0.2) is 5.78 Å². The Morgan fingerprint density at radius 3 is 2.71 bits per heavy atom. The molecule has 0 bridgehead atoms. The zero-order valence-electron chi connectivity index (χ0n) is 13.1. The number of methoxy groups -OCH3 is 1. The molecular formula is C17H15Br2NO4. The molecule has 1 unspecified atom stereocenters. The number of ketones is 1. The maximum Gasteiger partial charge on any atom is 0.336 e. The van der Waals surface area contributed by atoms with Gasteiger partial charge < -0.3 is 14.8 Å². The number of benzene rings is 1. The second-order valence-corrected chi connectivity index (χ2v) is 7.28. The second kappa shape index (κ2) is 6.82. The molecule has 1 N–H and O–H groups in total. The van der Waals surface area contributed by atoms with E-state index in [0.717, 1.165) is 14.5 Å². The molecule has 1 aromatic rings. The van der Waals surface area contributed by atoms with Gasteiger partial charge in [-0.25, -0.2) is 4.79 Å². The lowest BCUT2D eigenvalue weighted by atomic mass is 9.78. The molecule has 0 spiro atoms. The highest BCUT2D eigenvalue weighted by atomic mass is 79.9. The lowest BCUT2D eigenvalue weighted by Crippen LogP contribution is -2.38. The molecular weight excluding hydrogens is 442 g/mol. The Morgan fingerprint density at radius 1 is 1.29 bits per heavy atom. The SMILES string of the molecule is COC(=O)C1=C(C)NC2=C(C(=O)COC2)C1c1ccc(Br)c(Br)c1. The van der Waals surface area contributed by atoms with Crippen molar-refractivity contribution in [1.29, 1.82) is 0 Å². The van der Waals surface area contributed by atoms with Crippen LogP contribution in [0.1, 0.15) is 18.4 Å². The first-order valence-corrected chi connectivity index (χ1v) is 8.87. The van der Waals surface area contributed by atoms with Crippen LogP contribution in [0.4, 0.5) is 0 Å². The van der Waals surface area contributed by atoms with E-state index in [1.807, 2.05) is 18.2 Å². The van der Waals surface area contributed by atoms with Crippen LogP contribution < -0.4 is 5.32 Å². The minimum atomic E-state index is -0.477. The fourth-order valence-electron chi connectivity index (χ4n) is 3.07. The number of nitrogens with one attached hydrogen (secondary N) is 1. The van der Waals surface area contributed by atoms with Crippen molar-refractivity contribution in [2.45, 2.75) is 12.8 Å². The van der Waals surface area contributed by atoms with Crippen LogP contribution >= 0.6 is 31.9 Å². The summed E-state index contributed by atoms with van der Waals surface area (Å²) in [6, 6.07) is 5.69. The minimum Gasteiger partial charge on any atom is -0.466 e. The fourth-order valence-corrected chi connectivity index (χ4v) is 3.71. The van der Waals surface area contributed by atoms with E-state index >= 15 is 0 Å². The molecule has 0 amide bonds. The summed E-state index contributed by atoms with van der Waals surface area (Å²) < 4.78 is 12.0. The summed E-state index contributed by atoms with van der Waals surface area (Å²) in [5, 5.41) is 3.13. The van der Waals surface area contributed by atoms with E-state index in [1.165, 1.54) is 7.11 Å². The van der Waals surface area contributed by atoms with E-state index in [4.69, 9.17) is 9.47 Å². The third-order valence-corrected chi connectivity index (χ3v) is 5.99. The molecule has 2 heterocycles. The average molecular weight is 457 g/mol. The quantitative estimate of drug-likeness (QED) is 0.692. The van der Waals surface area contributed by atoms with Crippen molar-refractivity contribution in [3.8, 4) is 0 Å². The third kappa shape index (κ3) is 2.96. The smallest absolute Gasteiger partial charge is 0.336 e. The van der Waals surface area contributed by atoms with Crippen molar-refractivity contribution in [2.24, 2.45) is 0 Å². The van der Waals surface area contributed by atoms with Crippen molar-refractivity contribution in [3.63, 3.8) is 0 Å². The summed E-state index contributed by atoms with van der Waals surface area (Å²) in [5.74, 6) is -1.05. The van der Waals surface area contributed by atoms with E-state index in [0.29, 0.717) is 29.1 Å². The predicted molar refractivity (Wildman–Crippen MR) is 95.3 cm³/mol. The number of ether oxygens (including phenoxy) is 2. The number of hydrogen-bond acceptors (Lipinski definition) is 5. The molecule has 0 radical (unpaired) electrons. The zero-order valence-corrected chi connectivity index (χ0v) is 16.3. The van der Waals surface area contributed by atoms with Crippen LogP contribution in [0, 0.1) is 0 Å². The summed E-state index contributed by atoms with van der Waals surface area (Å²) in [5.41, 5.74) is 3.24. The lowest BCUT2D eigenvalue weighted by molar-refractivity contribution is -0.136. The van der Waals surface area contributed by atoms with Gasteiger partial charge in [0.1, 0.15) is 6.61 Å². The van der Waals surface area contributed by atoms with Crippen molar-refractivity contribution >= 4 is 43.6 Å². The van der Waals surface area contributed by atoms with Gasteiger partial charge in [-0.2, -0.15) is 0 Å². The van der Waals surface area contributed by atoms with Crippen LogP contribution in [-0.2, 0) is 19.1 Å². The number of hydrogen-bond donors (Lipinski definition) is 1. The highest BCUT2D eigenvalue weighted by molar-refractivity contribution is 9.13. The molecule has 7 heteroatoms. The van der Waals surface area contributed by atoms with Crippen LogP contribution in [0.2, 0.25) is 0 Å². The summed E-state index contributed by atoms with van der Waals surface area (Å²) in [6.07, 6.45) is 0. The van der Waals surface area contributed by atoms with Gasteiger partial charge in [-0.05, 0) is 56.5 Å². The third-order valence-electron chi connectivity index (χ3n) is 4.11. The van der Waals surface area contributed by atoms with Gasteiger partial charge in [0.2, 0.25) is 0 Å². The van der Waals surface area contributed by atoms with Gasteiger partial charge in [0.25, 0.3) is 0 Å². The van der Waals surface area contributed by atoms with Crippen molar-refractivity contribution < 1.29 is 19.1 Å². The zero-order chi connectivity index (χ0) is 17.4. The van der Waals surface area contributed by atoms with E-state index in [1.54, 1.807) is 6.92 Å². The Labute approximate surface area is 156 Å². The molecule has 0 saturated heterocycles. The fraction of sp³-hybridized carbons (Fsp3) is 0.294. The van der Waals surface area contributed by atoms with Crippen LogP contribution in [0.15, 0.2) is 49.7 Å². The number of dihydropyridines is 1. The van der Waals surface area contributed by atoms with E-state index < -0.39 is 11.9 Å². The molecule has 3 rings (SSSR count). The number of carbonyl (C=O) groups excluding carboxylic acids is 2. The maximum absolute atomic E-state index is 12.5. The minimum absolute atomic E-state index is 0.0161. The van der Waals surface area contributed by atoms with E-state index in [2.05, 4.69) is 37.2 Å². The Balaban J connectivity index is 2.21. The largest absolute Gasteiger partial charge is 0.466 e. The summed E-state index contributed by atoms with van der Waals surface area (Å²) in [6.45, 7) is 2.14. The number of halogens is 2. The predicted octanol–water partition coefficient (Wildman–Crippen LogP) is 3.20. The monoisotopic (exact) mass is 455 g/mol. The maximum atomic E-state index is 12.5. The molecule has 0 aromatic heterocycles. The van der Waals surface area contributed by atoms with Crippen LogP contribution in [0.3, 0.4) is 0 Å². The van der Waals surface area contributed by atoms with Crippen molar-refractivity contribution in [1.82, 2.24) is 5.32 Å². The normalized spacial score (nSPS) is 20.7. The first-order chi connectivity index (χ1) is 11.4. The molecule has 0 saturated carbocycles. The molecule has 1 aromatic carbocycles. The van der Waals surface area contributed by atoms with Crippen molar-refractivity contribution in [2.75, 3.05) is 20.3 Å². The Kier molecular flexibility index (Phi) is 4.94. The highest BCUT2D eigenvalue weighted by Crippen LogP contribution is 2.41. The summed E-state index contributed by atoms with van der Waals surface area (Å²) >= 11 is 6.93. The Hall–Kier alpha value is -1.44. The second-order valence-electron chi connectivity index (χ2n) is 5.57. The van der Waals surface area contributed by atoms with E-state index in [-0.39, 0.29) is 12.4 Å². The number of allylic oxidation sites excluding steroid dienone is 1. The van der Waals surface area contributed by atoms with Gasteiger partial charge in [0, 0.05) is 31.8 Å². The topological polar surface area (TPSA) is 64.6 Å². The number of esters is 1. The molecule has 0 aliphatic carbocycles. The molecule has 126 valence electrons. The number of carbonyl (C=O) groups is 2. The molecule has 2 aliphatic heterocycles. The Bertz CT molecular complexity index is 798. The van der Waals surface area contributed by atoms with Gasteiger partial charge in [0.05, 0.1) is 19.3 Å². The van der Waals surface area contributed by atoms with E-state index in [9.17, 15) is 9.59 Å². The van der Waals surface area contributed by atoms with Crippen LogP contribution in [0.5, 0.6) is 0 Å². The summed E-state index contributed by atoms with van der Waals surface area (Å²) in [7, 11) is 1.34. The Morgan fingerprint density at radius 2 is 2.04 bits per heavy atom. The number of rotatable bonds is 2. The number of Topliss-reactive ketones (excluding diaryl/α,β-unsaturated/α-hetero) is 1. The molecule has 5 nitrogen and oxygen atoms in total. The molecule has 0 fully saturated rings. The molecule has 1 atom stereocenters. The standard InChI is InChI=1S/C17H15Br2NO4/c1-8-14(17(22)23-2)15(9-3-4-10(18)11(19)5-9)16-12(20-8)6-24-7-13(16)21/h3-5,15,20H,6-7H2,1-2H3. The molecule has 24 heavy (non-hydrogen) atoms. The van der Waals surface area contributed by atoms with Gasteiger partial charge in [-0.3, -0.25) is 4.79 Å². The first kappa shape index (κ1) is 17.4. The summed E-state index contributed by atoms with van der Waals surface area (Å²) in [4.78, 5) is 24.9. The van der Waals surface area contributed by atoms with Gasteiger partial charge in [-0.1, -0.05) is 6.07 Å². The van der Waals surface area contributed by atoms with Gasteiger partial charge in [-0.15, -0.1) is 0 Å². The van der Waals surface area contributed by atoms with Crippen LogP contribution in [-0.4, -0.2) is 32.1 Å². The lowest BCUT2D eigenvalue weighted by Gasteiger charge is -2.34. The average Bonchev–Trinajstić information content (AvgIpc) is 2.55. The molecule has 2 aliphatic rings. The first-order valence-electron chi connectivity index (χ1n) is 7.29.